The summed E-state index contributed by atoms with van der Waals surface area (Å²) in [4.78, 5) is 30.3. The van der Waals surface area contributed by atoms with Crippen molar-refractivity contribution < 1.29 is 9.59 Å². The second kappa shape index (κ2) is 7.41. The van der Waals surface area contributed by atoms with Crippen molar-refractivity contribution in [1.29, 1.82) is 0 Å². The van der Waals surface area contributed by atoms with Gasteiger partial charge in [0, 0.05) is 24.6 Å². The van der Waals surface area contributed by atoms with Crippen LogP contribution < -0.4 is 5.32 Å². The van der Waals surface area contributed by atoms with Gasteiger partial charge in [-0.05, 0) is 77.3 Å². The predicted octanol–water partition coefficient (Wildman–Crippen LogP) is 5.26. The third-order valence-electron chi connectivity index (χ3n) is 8.28. The molecule has 1 aromatic carbocycles. The number of nitrogens with one attached hydrogen (secondary N) is 1. The molecule has 2 fully saturated rings. The van der Waals surface area contributed by atoms with E-state index < -0.39 is 0 Å². The van der Waals surface area contributed by atoms with Crippen LogP contribution in [0.4, 0.5) is 4.79 Å². The number of aryl methyl sites for hydroxylation is 1. The first-order valence-electron chi connectivity index (χ1n) is 12.2. The van der Waals surface area contributed by atoms with Crippen molar-refractivity contribution >= 4 is 11.9 Å². The van der Waals surface area contributed by atoms with E-state index in [4.69, 9.17) is 4.98 Å². The van der Waals surface area contributed by atoms with Gasteiger partial charge in [-0.1, -0.05) is 45.9 Å². The zero-order chi connectivity index (χ0) is 23.6. The quantitative estimate of drug-likeness (QED) is 0.698. The molecule has 0 radical (unpaired) electrons. The summed E-state index contributed by atoms with van der Waals surface area (Å²) in [6, 6.07) is 8.75. The number of urea groups is 1. The van der Waals surface area contributed by atoms with E-state index >= 15 is 0 Å². The molecule has 1 N–H and O–H groups in total. The Morgan fingerprint density at radius 3 is 2.18 bits per heavy atom. The molecule has 0 bridgehead atoms. The van der Waals surface area contributed by atoms with Crippen molar-refractivity contribution in [3.8, 4) is 0 Å². The van der Waals surface area contributed by atoms with Gasteiger partial charge >= 0.3 is 6.03 Å². The number of pyridine rings is 1. The maximum absolute atomic E-state index is 12.1. The average Bonchev–Trinajstić information content (AvgIpc) is 3.56. The van der Waals surface area contributed by atoms with Gasteiger partial charge in [0.15, 0.2) is 0 Å². The molecule has 3 amide bonds. The highest BCUT2D eigenvalue weighted by Gasteiger charge is 2.49. The molecule has 5 heteroatoms. The molecule has 0 atom stereocenters. The molecule has 2 aromatic rings. The van der Waals surface area contributed by atoms with E-state index in [2.05, 4.69) is 58.1 Å². The van der Waals surface area contributed by atoms with Crippen LogP contribution in [-0.2, 0) is 27.6 Å². The normalized spacial score (nSPS) is 22.5. The lowest BCUT2D eigenvalue weighted by Gasteiger charge is -2.43. The number of hydrogen-bond donors (Lipinski definition) is 1. The Hall–Kier alpha value is -2.69. The molecule has 1 saturated carbocycles. The van der Waals surface area contributed by atoms with Gasteiger partial charge in [-0.2, -0.15) is 0 Å². The SMILES string of the molecule is Cc1cc2c(cc1C1(c3ccc(CN4C(=O)CCNC4=O)cn3)CC1)C(C)(C)CCC2(C)C. The molecule has 2 heterocycles. The van der Waals surface area contributed by atoms with E-state index in [9.17, 15) is 9.59 Å². The summed E-state index contributed by atoms with van der Waals surface area (Å²) in [5.41, 5.74) is 8.12. The maximum Gasteiger partial charge on any atom is 0.324 e. The highest BCUT2D eigenvalue weighted by atomic mass is 16.2. The van der Waals surface area contributed by atoms with Crippen molar-refractivity contribution in [1.82, 2.24) is 15.2 Å². The minimum Gasteiger partial charge on any atom is -0.337 e. The summed E-state index contributed by atoms with van der Waals surface area (Å²) >= 11 is 0. The summed E-state index contributed by atoms with van der Waals surface area (Å²) in [5, 5.41) is 2.74. The van der Waals surface area contributed by atoms with Crippen molar-refractivity contribution in [3.05, 3.63) is 64.0 Å². The Morgan fingerprint density at radius 1 is 0.939 bits per heavy atom. The number of benzene rings is 1. The summed E-state index contributed by atoms with van der Waals surface area (Å²) in [6.45, 7) is 12.5. The standard InChI is InChI=1S/C28H35N3O2/c1-18-14-21-22(27(4,5)10-9-26(21,2)3)15-20(18)28(11-12-28)23-7-6-19(16-30-23)17-31-24(32)8-13-29-25(31)33/h6-7,14-16H,8-13,17H2,1-5H3,(H,29,33). The van der Waals surface area contributed by atoms with Crippen molar-refractivity contribution in [3.63, 3.8) is 0 Å². The number of aromatic nitrogens is 1. The van der Waals surface area contributed by atoms with Crippen LogP contribution in [0.2, 0.25) is 0 Å². The molecular formula is C28H35N3O2. The molecule has 5 rings (SSSR count). The lowest BCUT2D eigenvalue weighted by atomic mass is 9.62. The third-order valence-corrected chi connectivity index (χ3v) is 8.28. The first-order chi connectivity index (χ1) is 15.5. The Bertz CT molecular complexity index is 1110. The van der Waals surface area contributed by atoms with Crippen LogP contribution >= 0.6 is 0 Å². The molecular weight excluding hydrogens is 410 g/mol. The van der Waals surface area contributed by atoms with Crippen molar-refractivity contribution in [2.24, 2.45) is 0 Å². The molecule has 1 saturated heterocycles. The molecule has 0 spiro atoms. The number of nitrogens with zero attached hydrogens (tertiary/aromatic N) is 2. The maximum atomic E-state index is 12.1. The van der Waals surface area contributed by atoms with E-state index in [-0.39, 0.29) is 34.7 Å². The molecule has 0 unspecified atom stereocenters. The van der Waals surface area contributed by atoms with Gasteiger partial charge < -0.3 is 5.32 Å². The Morgan fingerprint density at radius 2 is 1.61 bits per heavy atom. The van der Waals surface area contributed by atoms with Crippen LogP contribution in [-0.4, -0.2) is 28.4 Å². The van der Waals surface area contributed by atoms with Crippen LogP contribution in [0.15, 0.2) is 30.5 Å². The van der Waals surface area contributed by atoms with Crippen molar-refractivity contribution in [2.75, 3.05) is 6.54 Å². The van der Waals surface area contributed by atoms with Crippen LogP contribution in [0, 0.1) is 6.92 Å². The summed E-state index contributed by atoms with van der Waals surface area (Å²) in [5.74, 6) is -0.128. The second-order valence-corrected chi connectivity index (χ2v) is 11.6. The Labute approximate surface area is 197 Å². The van der Waals surface area contributed by atoms with Gasteiger partial charge in [-0.25, -0.2) is 4.79 Å². The van der Waals surface area contributed by atoms with Gasteiger partial charge in [0.05, 0.1) is 12.2 Å². The van der Waals surface area contributed by atoms with Gasteiger partial charge in [-0.3, -0.25) is 14.7 Å². The van der Waals surface area contributed by atoms with E-state index in [1.54, 1.807) is 0 Å². The third kappa shape index (κ3) is 3.66. The number of carbonyl (C=O) groups excluding carboxylic acids is 2. The highest BCUT2D eigenvalue weighted by molar-refractivity contribution is 5.96. The van der Waals surface area contributed by atoms with E-state index in [0.29, 0.717) is 13.0 Å². The molecule has 174 valence electrons. The van der Waals surface area contributed by atoms with Gasteiger partial charge in [0.2, 0.25) is 5.91 Å². The minimum absolute atomic E-state index is 0.0202. The van der Waals surface area contributed by atoms with E-state index in [1.807, 2.05) is 12.3 Å². The largest absolute Gasteiger partial charge is 0.337 e. The smallest absolute Gasteiger partial charge is 0.324 e. The number of carbonyl (C=O) groups is 2. The highest BCUT2D eigenvalue weighted by Crippen LogP contribution is 2.56. The Kier molecular flexibility index (Phi) is 4.97. The van der Waals surface area contributed by atoms with Gasteiger partial charge in [0.1, 0.15) is 0 Å². The first-order valence-corrected chi connectivity index (χ1v) is 12.2. The summed E-state index contributed by atoms with van der Waals surface area (Å²) in [7, 11) is 0. The minimum atomic E-state index is -0.316. The number of hydrogen-bond acceptors (Lipinski definition) is 3. The van der Waals surface area contributed by atoms with Crippen LogP contribution in [0.25, 0.3) is 0 Å². The second-order valence-electron chi connectivity index (χ2n) is 11.6. The summed E-state index contributed by atoms with van der Waals surface area (Å²) in [6.07, 6.45) is 6.83. The van der Waals surface area contributed by atoms with E-state index in [0.717, 1.165) is 24.1 Å². The predicted molar refractivity (Wildman–Crippen MR) is 129 cm³/mol. The van der Waals surface area contributed by atoms with E-state index in [1.165, 1.54) is 40.0 Å². The molecule has 1 aliphatic heterocycles. The number of imide groups is 1. The first kappa shape index (κ1) is 22.1. The zero-order valence-electron chi connectivity index (χ0n) is 20.5. The number of amides is 3. The average molecular weight is 446 g/mol. The fourth-order valence-corrected chi connectivity index (χ4v) is 5.79. The lowest BCUT2D eigenvalue weighted by Crippen LogP contribution is -2.49. The Balaban J connectivity index is 1.46. The number of fused-ring (bicyclic) bond motifs is 1. The van der Waals surface area contributed by atoms with Crippen LogP contribution in [0.3, 0.4) is 0 Å². The summed E-state index contributed by atoms with van der Waals surface area (Å²) < 4.78 is 0. The van der Waals surface area contributed by atoms with Gasteiger partial charge in [0.25, 0.3) is 0 Å². The molecule has 33 heavy (non-hydrogen) atoms. The molecule has 5 nitrogen and oxygen atoms in total. The topological polar surface area (TPSA) is 62.3 Å². The molecule has 1 aromatic heterocycles. The molecule has 3 aliphatic rings. The fourth-order valence-electron chi connectivity index (χ4n) is 5.79. The van der Waals surface area contributed by atoms with Gasteiger partial charge in [-0.15, -0.1) is 0 Å². The monoisotopic (exact) mass is 445 g/mol. The zero-order valence-corrected chi connectivity index (χ0v) is 20.5. The van der Waals surface area contributed by atoms with Crippen LogP contribution in [0.1, 0.15) is 93.3 Å². The fraction of sp³-hybridized carbons (Fsp3) is 0.536. The van der Waals surface area contributed by atoms with Crippen molar-refractivity contribution in [2.45, 2.75) is 89.5 Å². The molecule has 2 aliphatic carbocycles. The number of rotatable bonds is 4. The lowest BCUT2D eigenvalue weighted by molar-refractivity contribution is -0.129. The van der Waals surface area contributed by atoms with Crippen LogP contribution in [0.5, 0.6) is 0 Å².